The molecule has 0 spiro atoms. The second-order valence-electron chi connectivity index (χ2n) is 3.81. The molecule has 2 heterocycles. The Balaban J connectivity index is 2.11. The minimum Gasteiger partial charge on any atom is -0.476 e. The Hall–Kier alpha value is -2.25. The third-order valence-electron chi connectivity index (χ3n) is 2.04. The summed E-state index contributed by atoms with van der Waals surface area (Å²) in [6, 6.07) is 0. The zero-order valence-electron chi connectivity index (χ0n) is 9.36. The molecule has 0 saturated carbocycles. The van der Waals surface area contributed by atoms with E-state index in [0.29, 0.717) is 11.7 Å². The number of rotatable bonds is 4. The fourth-order valence-corrected chi connectivity index (χ4v) is 1.18. The molecule has 90 valence electrons. The van der Waals surface area contributed by atoms with E-state index in [1.807, 2.05) is 13.8 Å². The highest BCUT2D eigenvalue weighted by Crippen LogP contribution is 2.11. The zero-order chi connectivity index (χ0) is 12.4. The van der Waals surface area contributed by atoms with Crippen LogP contribution in [-0.2, 0) is 6.54 Å². The quantitative estimate of drug-likeness (QED) is 0.826. The summed E-state index contributed by atoms with van der Waals surface area (Å²) in [6.07, 6.45) is 1.31. The highest BCUT2D eigenvalue weighted by Gasteiger charge is 2.12. The van der Waals surface area contributed by atoms with E-state index in [1.54, 1.807) is 0 Å². The molecule has 0 aliphatic rings. The van der Waals surface area contributed by atoms with E-state index in [9.17, 15) is 4.79 Å². The second-order valence-corrected chi connectivity index (χ2v) is 3.81. The van der Waals surface area contributed by atoms with Crippen molar-refractivity contribution in [2.45, 2.75) is 26.3 Å². The molecule has 0 aliphatic heterocycles. The molecule has 0 unspecified atom stereocenters. The monoisotopic (exact) mass is 237 g/mol. The average molecular weight is 237 g/mol. The fourth-order valence-electron chi connectivity index (χ4n) is 1.18. The van der Waals surface area contributed by atoms with Gasteiger partial charge in [-0.2, -0.15) is 4.98 Å². The summed E-state index contributed by atoms with van der Waals surface area (Å²) < 4.78 is 6.36. The maximum Gasteiger partial charge on any atom is 0.358 e. The lowest BCUT2D eigenvalue weighted by Gasteiger charge is -1.93. The summed E-state index contributed by atoms with van der Waals surface area (Å²) >= 11 is 0. The van der Waals surface area contributed by atoms with E-state index in [0.717, 1.165) is 0 Å². The summed E-state index contributed by atoms with van der Waals surface area (Å²) in [5.41, 5.74) is -0.113. The van der Waals surface area contributed by atoms with Gasteiger partial charge in [-0.15, -0.1) is 5.10 Å². The molecule has 0 aromatic carbocycles. The van der Waals surface area contributed by atoms with E-state index in [-0.39, 0.29) is 18.2 Å². The van der Waals surface area contributed by atoms with Crippen LogP contribution in [-0.4, -0.2) is 36.2 Å². The van der Waals surface area contributed by atoms with Crippen molar-refractivity contribution in [3.05, 3.63) is 23.6 Å². The maximum atomic E-state index is 10.6. The van der Waals surface area contributed by atoms with E-state index in [1.165, 1.54) is 10.9 Å². The lowest BCUT2D eigenvalue weighted by molar-refractivity contribution is 0.0690. The fraction of sp³-hybridized carbons (Fsp3) is 0.444. The van der Waals surface area contributed by atoms with Gasteiger partial charge in [-0.3, -0.25) is 0 Å². The van der Waals surface area contributed by atoms with Crippen molar-refractivity contribution in [3.8, 4) is 0 Å². The summed E-state index contributed by atoms with van der Waals surface area (Å²) in [7, 11) is 0. The van der Waals surface area contributed by atoms with Crippen LogP contribution >= 0.6 is 0 Å². The van der Waals surface area contributed by atoms with Gasteiger partial charge in [0.2, 0.25) is 5.89 Å². The molecule has 0 atom stereocenters. The van der Waals surface area contributed by atoms with Crippen LogP contribution in [0.3, 0.4) is 0 Å². The van der Waals surface area contributed by atoms with Crippen molar-refractivity contribution < 1.29 is 14.4 Å². The zero-order valence-corrected chi connectivity index (χ0v) is 9.36. The first kappa shape index (κ1) is 11.2. The summed E-state index contributed by atoms with van der Waals surface area (Å²) in [4.78, 5) is 14.7. The van der Waals surface area contributed by atoms with Gasteiger partial charge < -0.3 is 9.63 Å². The Bertz CT molecular complexity index is 530. The number of hydrogen-bond acceptors (Lipinski definition) is 6. The van der Waals surface area contributed by atoms with Crippen LogP contribution < -0.4 is 0 Å². The van der Waals surface area contributed by atoms with Crippen molar-refractivity contribution in [2.75, 3.05) is 0 Å². The molecule has 8 heteroatoms. The lowest BCUT2D eigenvalue weighted by Crippen LogP contribution is -2.02. The van der Waals surface area contributed by atoms with Crippen LogP contribution in [0, 0.1) is 0 Å². The number of nitrogens with zero attached hydrogens (tertiary/aromatic N) is 5. The normalized spacial score (nSPS) is 11.0. The third kappa shape index (κ3) is 2.47. The summed E-state index contributed by atoms with van der Waals surface area (Å²) in [6.45, 7) is 4.11. The van der Waals surface area contributed by atoms with Gasteiger partial charge in [-0.1, -0.05) is 24.2 Å². The molecule has 0 saturated heterocycles. The van der Waals surface area contributed by atoms with E-state index in [4.69, 9.17) is 9.63 Å². The molecule has 0 radical (unpaired) electrons. The second kappa shape index (κ2) is 4.32. The largest absolute Gasteiger partial charge is 0.476 e. The predicted molar refractivity (Wildman–Crippen MR) is 54.5 cm³/mol. The van der Waals surface area contributed by atoms with Crippen molar-refractivity contribution in [1.29, 1.82) is 0 Å². The average Bonchev–Trinajstić information content (AvgIpc) is 2.87. The lowest BCUT2D eigenvalue weighted by atomic mass is 10.2. The minimum absolute atomic E-state index is 0.113. The molecule has 8 nitrogen and oxygen atoms in total. The Labute approximate surface area is 96.2 Å². The van der Waals surface area contributed by atoms with Crippen LogP contribution in [0.5, 0.6) is 0 Å². The van der Waals surface area contributed by atoms with Gasteiger partial charge in [0, 0.05) is 5.92 Å². The topological polar surface area (TPSA) is 107 Å². The van der Waals surface area contributed by atoms with Crippen LogP contribution in [0.4, 0.5) is 0 Å². The number of carbonyl (C=O) groups is 1. The highest BCUT2D eigenvalue weighted by atomic mass is 16.5. The Morgan fingerprint density at radius 1 is 1.59 bits per heavy atom. The molecule has 17 heavy (non-hydrogen) atoms. The van der Waals surface area contributed by atoms with E-state index >= 15 is 0 Å². The molecule has 1 N–H and O–H groups in total. The van der Waals surface area contributed by atoms with Crippen LogP contribution in [0.1, 0.15) is 42.0 Å². The first-order valence-electron chi connectivity index (χ1n) is 5.02. The standard InChI is InChI=1S/C9H11N5O3/c1-5(2)8-10-7(12-17-8)4-14-3-6(9(15)16)11-13-14/h3,5H,4H2,1-2H3,(H,15,16). The molecule has 2 aromatic heterocycles. The summed E-state index contributed by atoms with van der Waals surface area (Å²) in [5, 5.41) is 19.6. The van der Waals surface area contributed by atoms with Gasteiger partial charge in [-0.25, -0.2) is 9.48 Å². The third-order valence-corrected chi connectivity index (χ3v) is 2.04. The van der Waals surface area contributed by atoms with Gasteiger partial charge in [0.25, 0.3) is 0 Å². The van der Waals surface area contributed by atoms with Gasteiger partial charge in [0.15, 0.2) is 11.5 Å². The Morgan fingerprint density at radius 2 is 2.35 bits per heavy atom. The van der Waals surface area contributed by atoms with Crippen molar-refractivity contribution in [3.63, 3.8) is 0 Å². The molecule has 2 rings (SSSR count). The van der Waals surface area contributed by atoms with Crippen LogP contribution in [0.25, 0.3) is 0 Å². The van der Waals surface area contributed by atoms with Crippen molar-refractivity contribution in [2.24, 2.45) is 0 Å². The molecular formula is C9H11N5O3. The first-order valence-corrected chi connectivity index (χ1v) is 5.02. The van der Waals surface area contributed by atoms with Crippen LogP contribution in [0.15, 0.2) is 10.7 Å². The Morgan fingerprint density at radius 3 is 2.88 bits per heavy atom. The van der Waals surface area contributed by atoms with Gasteiger partial charge in [0.05, 0.1) is 6.20 Å². The number of carboxylic acid groups (broad SMARTS) is 1. The van der Waals surface area contributed by atoms with Crippen LogP contribution in [0.2, 0.25) is 0 Å². The highest BCUT2D eigenvalue weighted by molar-refractivity contribution is 5.84. The first-order chi connectivity index (χ1) is 8.06. The Kier molecular flexibility index (Phi) is 2.86. The SMILES string of the molecule is CC(C)c1nc(Cn2cc(C(=O)O)nn2)no1. The van der Waals surface area contributed by atoms with Gasteiger partial charge in [-0.05, 0) is 0 Å². The number of aromatic carboxylic acids is 1. The number of aromatic nitrogens is 5. The van der Waals surface area contributed by atoms with Gasteiger partial charge in [0.1, 0.15) is 6.54 Å². The number of hydrogen-bond donors (Lipinski definition) is 1. The maximum absolute atomic E-state index is 10.6. The summed E-state index contributed by atoms with van der Waals surface area (Å²) in [5.74, 6) is 0.0166. The van der Waals surface area contributed by atoms with E-state index in [2.05, 4.69) is 20.5 Å². The van der Waals surface area contributed by atoms with Gasteiger partial charge >= 0.3 is 5.97 Å². The van der Waals surface area contributed by atoms with E-state index < -0.39 is 5.97 Å². The minimum atomic E-state index is -1.12. The molecule has 0 bridgehead atoms. The molecule has 2 aromatic rings. The molecular weight excluding hydrogens is 226 g/mol. The smallest absolute Gasteiger partial charge is 0.358 e. The number of carboxylic acids is 1. The van der Waals surface area contributed by atoms with Crippen molar-refractivity contribution in [1.82, 2.24) is 25.1 Å². The predicted octanol–water partition coefficient (Wildman–Crippen LogP) is 0.531. The molecule has 0 aliphatic carbocycles. The molecule has 0 fully saturated rings. The molecule has 0 amide bonds. The van der Waals surface area contributed by atoms with Crippen molar-refractivity contribution >= 4 is 5.97 Å².